The molecule has 1 aliphatic rings. The number of hydrogen-bond donors (Lipinski definition) is 1. The van der Waals surface area contributed by atoms with E-state index in [1.165, 1.54) is 16.9 Å². The van der Waals surface area contributed by atoms with Gasteiger partial charge in [-0.15, -0.1) is 11.3 Å². The van der Waals surface area contributed by atoms with Gasteiger partial charge in [0.2, 0.25) is 0 Å². The molecule has 0 bridgehead atoms. The second-order valence-corrected chi connectivity index (χ2v) is 7.52. The molecule has 1 aliphatic heterocycles. The number of ether oxygens (including phenoxy) is 1. The maximum atomic E-state index is 6.07. The summed E-state index contributed by atoms with van der Waals surface area (Å²) in [7, 11) is 0. The molecule has 134 valence electrons. The molecule has 3 nitrogen and oxygen atoms in total. The molecule has 0 saturated carbocycles. The number of nitrogens with zero attached hydrogens (tertiary/aromatic N) is 1. The molecule has 2 aromatic carbocycles. The first-order valence-electron chi connectivity index (χ1n) is 9.21. The third kappa shape index (κ3) is 4.15. The SMILES string of the molecule is c1ccc(Oc2cccc(C(c3cccs3)N3CCCNCC3)c2)cc1. The third-order valence-corrected chi connectivity index (χ3v) is 5.63. The van der Waals surface area contributed by atoms with E-state index >= 15 is 0 Å². The van der Waals surface area contributed by atoms with Crippen LogP contribution in [0.5, 0.6) is 11.5 Å². The van der Waals surface area contributed by atoms with Gasteiger partial charge in [-0.3, -0.25) is 4.90 Å². The van der Waals surface area contributed by atoms with E-state index < -0.39 is 0 Å². The van der Waals surface area contributed by atoms with Crippen LogP contribution in [-0.2, 0) is 0 Å². The van der Waals surface area contributed by atoms with Gasteiger partial charge in [0.25, 0.3) is 0 Å². The van der Waals surface area contributed by atoms with Gasteiger partial charge in [-0.25, -0.2) is 0 Å². The lowest BCUT2D eigenvalue weighted by Crippen LogP contribution is -2.32. The topological polar surface area (TPSA) is 24.5 Å². The first kappa shape index (κ1) is 17.3. The van der Waals surface area contributed by atoms with Crippen molar-refractivity contribution in [2.24, 2.45) is 0 Å². The van der Waals surface area contributed by atoms with Crippen molar-refractivity contribution in [2.75, 3.05) is 26.2 Å². The molecule has 0 amide bonds. The molecule has 1 unspecified atom stereocenters. The lowest BCUT2D eigenvalue weighted by molar-refractivity contribution is 0.243. The zero-order valence-electron chi connectivity index (χ0n) is 14.8. The molecule has 26 heavy (non-hydrogen) atoms. The summed E-state index contributed by atoms with van der Waals surface area (Å²) in [5.41, 5.74) is 1.29. The van der Waals surface area contributed by atoms with E-state index in [9.17, 15) is 0 Å². The summed E-state index contributed by atoms with van der Waals surface area (Å²) in [6, 6.07) is 23.2. The molecule has 0 spiro atoms. The monoisotopic (exact) mass is 364 g/mol. The van der Waals surface area contributed by atoms with E-state index in [1.54, 1.807) is 0 Å². The molecule has 3 aromatic rings. The smallest absolute Gasteiger partial charge is 0.127 e. The summed E-state index contributed by atoms with van der Waals surface area (Å²) in [6.07, 6.45) is 1.18. The fourth-order valence-corrected chi connectivity index (χ4v) is 4.38. The Morgan fingerprint density at radius 1 is 0.885 bits per heavy atom. The Morgan fingerprint density at radius 3 is 2.62 bits per heavy atom. The molecule has 1 atom stereocenters. The third-order valence-electron chi connectivity index (χ3n) is 4.71. The minimum atomic E-state index is 0.286. The van der Waals surface area contributed by atoms with Crippen molar-refractivity contribution < 1.29 is 4.74 Å². The van der Waals surface area contributed by atoms with Gasteiger partial charge in [-0.05, 0) is 54.2 Å². The summed E-state index contributed by atoms with van der Waals surface area (Å²) >= 11 is 1.83. The average Bonchev–Trinajstić information content (AvgIpc) is 3.06. The lowest BCUT2D eigenvalue weighted by Gasteiger charge is -2.30. The van der Waals surface area contributed by atoms with Crippen LogP contribution in [0.4, 0.5) is 0 Å². The van der Waals surface area contributed by atoms with Crippen LogP contribution in [0.3, 0.4) is 0 Å². The second kappa shape index (κ2) is 8.49. The standard InChI is InChI=1S/C22H24N2OS/c1-2-8-19(9-3-1)25-20-10-4-7-18(17-20)22(21-11-5-16-26-21)24-14-6-12-23-13-15-24/h1-5,7-11,16-17,22-23H,6,12-15H2. The van der Waals surface area contributed by atoms with Crippen molar-refractivity contribution in [1.82, 2.24) is 10.2 Å². The first-order valence-corrected chi connectivity index (χ1v) is 10.1. The van der Waals surface area contributed by atoms with Gasteiger partial charge in [0, 0.05) is 24.5 Å². The van der Waals surface area contributed by atoms with Crippen LogP contribution in [0.2, 0.25) is 0 Å². The Balaban J connectivity index is 1.64. The highest BCUT2D eigenvalue weighted by atomic mass is 32.1. The normalized spacial score (nSPS) is 16.8. The molecule has 0 aliphatic carbocycles. The van der Waals surface area contributed by atoms with Crippen LogP contribution >= 0.6 is 11.3 Å². The van der Waals surface area contributed by atoms with Gasteiger partial charge in [0.1, 0.15) is 11.5 Å². The summed E-state index contributed by atoms with van der Waals surface area (Å²) in [6.45, 7) is 4.32. The summed E-state index contributed by atoms with van der Waals surface area (Å²) in [5.74, 6) is 1.76. The van der Waals surface area contributed by atoms with Crippen molar-refractivity contribution in [3.63, 3.8) is 0 Å². The van der Waals surface area contributed by atoms with Crippen LogP contribution < -0.4 is 10.1 Å². The molecule has 0 radical (unpaired) electrons. The fourth-order valence-electron chi connectivity index (χ4n) is 3.50. The second-order valence-electron chi connectivity index (χ2n) is 6.55. The molecule has 1 aromatic heterocycles. The highest BCUT2D eigenvalue weighted by Gasteiger charge is 2.24. The number of benzene rings is 2. The van der Waals surface area contributed by atoms with Gasteiger partial charge in [0.15, 0.2) is 0 Å². The van der Waals surface area contributed by atoms with Gasteiger partial charge < -0.3 is 10.1 Å². The zero-order valence-corrected chi connectivity index (χ0v) is 15.6. The zero-order chi connectivity index (χ0) is 17.6. The minimum absolute atomic E-state index is 0.286. The van der Waals surface area contributed by atoms with Gasteiger partial charge in [-0.1, -0.05) is 36.4 Å². The number of hydrogen-bond acceptors (Lipinski definition) is 4. The fraction of sp³-hybridized carbons (Fsp3) is 0.273. The minimum Gasteiger partial charge on any atom is -0.457 e. The number of nitrogens with one attached hydrogen (secondary N) is 1. The predicted octanol–water partition coefficient (Wildman–Crippen LogP) is 4.93. The van der Waals surface area contributed by atoms with Crippen LogP contribution in [0, 0.1) is 0 Å². The molecular formula is C22H24N2OS. The Kier molecular flexibility index (Phi) is 5.65. The largest absolute Gasteiger partial charge is 0.457 e. The predicted molar refractivity (Wildman–Crippen MR) is 108 cm³/mol. The van der Waals surface area contributed by atoms with E-state index in [0.29, 0.717) is 0 Å². The lowest BCUT2D eigenvalue weighted by atomic mass is 10.0. The maximum Gasteiger partial charge on any atom is 0.127 e. The first-order chi connectivity index (χ1) is 12.9. The van der Waals surface area contributed by atoms with E-state index in [2.05, 4.69) is 45.9 Å². The van der Waals surface area contributed by atoms with Crippen molar-refractivity contribution in [2.45, 2.75) is 12.5 Å². The quantitative estimate of drug-likeness (QED) is 0.695. The van der Waals surface area contributed by atoms with Crippen LogP contribution in [0.15, 0.2) is 72.1 Å². The summed E-state index contributed by atoms with van der Waals surface area (Å²) in [4.78, 5) is 3.98. The average molecular weight is 365 g/mol. The van der Waals surface area contributed by atoms with Crippen molar-refractivity contribution in [3.8, 4) is 11.5 Å². The van der Waals surface area contributed by atoms with Crippen molar-refractivity contribution >= 4 is 11.3 Å². The Bertz CT molecular complexity index is 796. The van der Waals surface area contributed by atoms with E-state index in [0.717, 1.165) is 37.7 Å². The number of thiophene rings is 1. The Morgan fingerprint density at radius 2 is 1.77 bits per heavy atom. The van der Waals surface area contributed by atoms with Crippen LogP contribution in [0.25, 0.3) is 0 Å². The summed E-state index contributed by atoms with van der Waals surface area (Å²) in [5, 5.41) is 5.68. The maximum absolute atomic E-state index is 6.07. The Labute approximate surface area is 159 Å². The van der Waals surface area contributed by atoms with Gasteiger partial charge in [0.05, 0.1) is 6.04 Å². The highest BCUT2D eigenvalue weighted by molar-refractivity contribution is 7.10. The van der Waals surface area contributed by atoms with E-state index in [1.807, 2.05) is 47.7 Å². The molecule has 1 N–H and O–H groups in total. The van der Waals surface area contributed by atoms with Crippen molar-refractivity contribution in [1.29, 1.82) is 0 Å². The van der Waals surface area contributed by atoms with E-state index in [-0.39, 0.29) is 6.04 Å². The van der Waals surface area contributed by atoms with E-state index in [4.69, 9.17) is 4.74 Å². The van der Waals surface area contributed by atoms with Crippen LogP contribution in [0.1, 0.15) is 22.9 Å². The molecule has 2 heterocycles. The molecule has 1 fully saturated rings. The molecular weight excluding hydrogens is 340 g/mol. The Hall–Kier alpha value is -2.14. The number of para-hydroxylation sites is 1. The van der Waals surface area contributed by atoms with Gasteiger partial charge >= 0.3 is 0 Å². The summed E-state index contributed by atoms with van der Waals surface area (Å²) < 4.78 is 6.07. The number of rotatable bonds is 5. The molecule has 1 saturated heterocycles. The van der Waals surface area contributed by atoms with Crippen molar-refractivity contribution in [3.05, 3.63) is 82.6 Å². The molecule has 4 rings (SSSR count). The van der Waals surface area contributed by atoms with Gasteiger partial charge in [-0.2, -0.15) is 0 Å². The molecule has 4 heteroatoms. The highest BCUT2D eigenvalue weighted by Crippen LogP contribution is 2.34. The van der Waals surface area contributed by atoms with Crippen LogP contribution in [-0.4, -0.2) is 31.1 Å².